The van der Waals surface area contributed by atoms with E-state index in [-0.39, 0.29) is 6.10 Å². The van der Waals surface area contributed by atoms with Crippen molar-refractivity contribution in [3.8, 4) is 11.5 Å². The number of hydrogen-bond acceptors (Lipinski definition) is 4. The molecular formula is C15H14BrNO3. The van der Waals surface area contributed by atoms with E-state index in [9.17, 15) is 5.11 Å². The van der Waals surface area contributed by atoms with Crippen LogP contribution in [0.25, 0.3) is 0 Å². The molecule has 0 aliphatic carbocycles. The molecule has 1 aromatic heterocycles. The van der Waals surface area contributed by atoms with Crippen LogP contribution < -0.4 is 9.47 Å². The van der Waals surface area contributed by atoms with Crippen LogP contribution in [0.2, 0.25) is 0 Å². The highest BCUT2D eigenvalue weighted by atomic mass is 79.9. The minimum absolute atomic E-state index is 0.252. The fourth-order valence-electron chi connectivity index (χ4n) is 2.31. The van der Waals surface area contributed by atoms with Crippen LogP contribution in [-0.2, 0) is 0 Å². The van der Waals surface area contributed by atoms with E-state index in [1.165, 1.54) is 0 Å². The van der Waals surface area contributed by atoms with Crippen LogP contribution >= 0.6 is 15.9 Å². The smallest absolute Gasteiger partial charge is 0.143 e. The number of benzene rings is 1. The summed E-state index contributed by atoms with van der Waals surface area (Å²) in [5, 5.41) is 10.3. The Bertz CT molecular complexity index is 615. The van der Waals surface area contributed by atoms with E-state index >= 15 is 0 Å². The summed E-state index contributed by atoms with van der Waals surface area (Å²) in [4.78, 5) is 4.34. The molecule has 2 atom stereocenters. The van der Waals surface area contributed by atoms with Gasteiger partial charge in [-0.15, -0.1) is 0 Å². The zero-order valence-corrected chi connectivity index (χ0v) is 12.5. The van der Waals surface area contributed by atoms with E-state index in [0.717, 1.165) is 15.7 Å². The molecule has 2 unspecified atom stereocenters. The normalized spacial score (nSPS) is 20.9. The zero-order valence-electron chi connectivity index (χ0n) is 10.9. The van der Waals surface area contributed by atoms with Gasteiger partial charge in [-0.3, -0.25) is 4.98 Å². The van der Waals surface area contributed by atoms with Gasteiger partial charge in [0.25, 0.3) is 0 Å². The van der Waals surface area contributed by atoms with Crippen molar-refractivity contribution in [3.05, 3.63) is 52.3 Å². The Hall–Kier alpha value is -1.59. The van der Waals surface area contributed by atoms with Crippen molar-refractivity contribution >= 4 is 15.9 Å². The van der Waals surface area contributed by atoms with Gasteiger partial charge in [-0.1, -0.05) is 0 Å². The predicted octanol–water partition coefficient (Wildman–Crippen LogP) is 3.41. The zero-order chi connectivity index (χ0) is 14.1. The average molecular weight is 336 g/mol. The number of aliphatic hydroxyl groups is 1. The maximum absolute atomic E-state index is 10.3. The number of rotatable bonds is 2. The number of aromatic nitrogens is 1. The standard InChI is InChI=1S/C15H14BrNO3/c1-19-10-3-4-11-13(18)7-15(20-14(11)6-10)12-5-2-9(16)8-17-12/h2-6,8,13,15,18H,7H2,1H3. The van der Waals surface area contributed by atoms with E-state index in [2.05, 4.69) is 20.9 Å². The van der Waals surface area contributed by atoms with Crippen LogP contribution in [0, 0.1) is 0 Å². The highest BCUT2D eigenvalue weighted by Crippen LogP contribution is 2.41. The lowest BCUT2D eigenvalue weighted by Gasteiger charge is -2.29. The van der Waals surface area contributed by atoms with Crippen molar-refractivity contribution in [3.63, 3.8) is 0 Å². The molecular weight excluding hydrogens is 322 g/mol. The monoisotopic (exact) mass is 335 g/mol. The summed E-state index contributed by atoms with van der Waals surface area (Å²) in [6.45, 7) is 0. The molecule has 4 nitrogen and oxygen atoms in total. The SMILES string of the molecule is COc1ccc2c(c1)OC(c1ccc(Br)cn1)CC2O. The molecule has 1 aliphatic rings. The molecule has 3 rings (SSSR count). The molecule has 0 saturated heterocycles. The van der Waals surface area contributed by atoms with Crippen LogP contribution in [0.15, 0.2) is 41.0 Å². The summed E-state index contributed by atoms with van der Waals surface area (Å²) in [5.74, 6) is 1.36. The van der Waals surface area contributed by atoms with Crippen LogP contribution in [0.5, 0.6) is 11.5 Å². The van der Waals surface area contributed by atoms with Crippen LogP contribution in [0.3, 0.4) is 0 Å². The number of pyridine rings is 1. The summed E-state index contributed by atoms with van der Waals surface area (Å²) in [7, 11) is 1.61. The lowest BCUT2D eigenvalue weighted by molar-refractivity contribution is 0.0634. The molecule has 0 radical (unpaired) electrons. The summed E-state index contributed by atoms with van der Waals surface area (Å²) in [5.41, 5.74) is 1.60. The van der Waals surface area contributed by atoms with Gasteiger partial charge < -0.3 is 14.6 Å². The lowest BCUT2D eigenvalue weighted by Crippen LogP contribution is -2.19. The Morgan fingerprint density at radius 1 is 1.35 bits per heavy atom. The van der Waals surface area contributed by atoms with E-state index in [1.54, 1.807) is 19.4 Å². The summed E-state index contributed by atoms with van der Waals surface area (Å²) < 4.78 is 12.1. The quantitative estimate of drug-likeness (QED) is 0.913. The van der Waals surface area contributed by atoms with Crippen molar-refractivity contribution in [2.45, 2.75) is 18.6 Å². The molecule has 2 aromatic rings. The molecule has 0 spiro atoms. The van der Waals surface area contributed by atoms with Crippen LogP contribution in [0.4, 0.5) is 0 Å². The van der Waals surface area contributed by atoms with Gasteiger partial charge in [-0.2, -0.15) is 0 Å². The number of nitrogens with zero attached hydrogens (tertiary/aromatic N) is 1. The Morgan fingerprint density at radius 2 is 2.20 bits per heavy atom. The molecule has 5 heteroatoms. The molecule has 0 bridgehead atoms. The van der Waals surface area contributed by atoms with Crippen molar-refractivity contribution in [1.82, 2.24) is 4.98 Å². The summed E-state index contributed by atoms with van der Waals surface area (Å²) >= 11 is 3.36. The Kier molecular flexibility index (Phi) is 3.63. The average Bonchev–Trinajstić information content (AvgIpc) is 2.47. The fourth-order valence-corrected chi connectivity index (χ4v) is 2.54. The van der Waals surface area contributed by atoms with Gasteiger partial charge in [-0.05, 0) is 40.2 Å². The second-order valence-corrected chi connectivity index (χ2v) is 5.58. The first-order chi connectivity index (χ1) is 9.67. The van der Waals surface area contributed by atoms with E-state index < -0.39 is 6.10 Å². The molecule has 0 saturated carbocycles. The second kappa shape index (κ2) is 5.42. The molecule has 2 heterocycles. The van der Waals surface area contributed by atoms with E-state index in [0.29, 0.717) is 17.9 Å². The van der Waals surface area contributed by atoms with Crippen LogP contribution in [0.1, 0.15) is 29.9 Å². The maximum atomic E-state index is 10.3. The molecule has 104 valence electrons. The summed E-state index contributed by atoms with van der Waals surface area (Å²) in [6.07, 6.45) is 1.41. The van der Waals surface area contributed by atoms with Gasteiger partial charge in [0.2, 0.25) is 0 Å². The van der Waals surface area contributed by atoms with E-state index in [1.807, 2.05) is 24.3 Å². The highest BCUT2D eigenvalue weighted by molar-refractivity contribution is 9.10. The maximum Gasteiger partial charge on any atom is 0.143 e. The minimum Gasteiger partial charge on any atom is -0.497 e. The first-order valence-corrected chi connectivity index (χ1v) is 7.11. The molecule has 0 fully saturated rings. The molecule has 20 heavy (non-hydrogen) atoms. The molecule has 1 aromatic carbocycles. The summed E-state index contributed by atoms with van der Waals surface area (Å²) in [6, 6.07) is 9.27. The van der Waals surface area contributed by atoms with Crippen molar-refractivity contribution in [2.75, 3.05) is 7.11 Å². The van der Waals surface area contributed by atoms with Gasteiger partial charge in [0.05, 0.1) is 18.9 Å². The number of fused-ring (bicyclic) bond motifs is 1. The highest BCUT2D eigenvalue weighted by Gasteiger charge is 2.29. The Morgan fingerprint density at radius 3 is 2.90 bits per heavy atom. The lowest BCUT2D eigenvalue weighted by atomic mass is 9.97. The number of aliphatic hydroxyl groups excluding tert-OH is 1. The largest absolute Gasteiger partial charge is 0.497 e. The molecule has 0 amide bonds. The topological polar surface area (TPSA) is 51.6 Å². The van der Waals surface area contributed by atoms with Gasteiger partial charge >= 0.3 is 0 Å². The number of ether oxygens (including phenoxy) is 2. The van der Waals surface area contributed by atoms with Crippen molar-refractivity contribution in [1.29, 1.82) is 0 Å². The number of hydrogen-bond donors (Lipinski definition) is 1. The first kappa shape index (κ1) is 13.4. The third-order valence-corrected chi connectivity index (χ3v) is 3.84. The third kappa shape index (κ3) is 2.51. The molecule has 1 N–H and O–H groups in total. The first-order valence-electron chi connectivity index (χ1n) is 6.31. The number of halogens is 1. The Balaban J connectivity index is 1.92. The fraction of sp³-hybridized carbons (Fsp3) is 0.267. The minimum atomic E-state index is -0.555. The van der Waals surface area contributed by atoms with Gasteiger partial charge in [-0.25, -0.2) is 0 Å². The van der Waals surface area contributed by atoms with Crippen molar-refractivity contribution in [2.24, 2.45) is 0 Å². The van der Waals surface area contributed by atoms with Gasteiger partial charge in [0.1, 0.15) is 17.6 Å². The van der Waals surface area contributed by atoms with Crippen LogP contribution in [-0.4, -0.2) is 17.2 Å². The van der Waals surface area contributed by atoms with E-state index in [4.69, 9.17) is 9.47 Å². The predicted molar refractivity (Wildman–Crippen MR) is 77.9 cm³/mol. The molecule has 1 aliphatic heterocycles. The van der Waals surface area contributed by atoms with Gasteiger partial charge in [0.15, 0.2) is 0 Å². The van der Waals surface area contributed by atoms with Crippen molar-refractivity contribution < 1.29 is 14.6 Å². The van der Waals surface area contributed by atoms with Gasteiger partial charge in [0, 0.05) is 28.7 Å². The third-order valence-electron chi connectivity index (χ3n) is 3.37. The number of methoxy groups -OCH3 is 1. The second-order valence-electron chi connectivity index (χ2n) is 4.66. The Labute approximate surface area is 125 Å².